The van der Waals surface area contributed by atoms with E-state index in [1.165, 1.54) is 71.0 Å². The van der Waals surface area contributed by atoms with Crippen molar-refractivity contribution in [2.75, 3.05) is 26.7 Å². The Hall–Kier alpha value is -0.0800. The Morgan fingerprint density at radius 1 is 1.00 bits per heavy atom. The number of hydrogen-bond acceptors (Lipinski definition) is 2. The van der Waals surface area contributed by atoms with E-state index in [0.717, 1.165) is 12.0 Å². The van der Waals surface area contributed by atoms with Gasteiger partial charge in [0.2, 0.25) is 0 Å². The van der Waals surface area contributed by atoms with Gasteiger partial charge in [0.25, 0.3) is 0 Å². The zero-order valence-corrected chi connectivity index (χ0v) is 10.9. The molecule has 0 aromatic carbocycles. The third-order valence-electron chi connectivity index (χ3n) is 4.57. The van der Waals surface area contributed by atoms with Crippen LogP contribution in [0.2, 0.25) is 0 Å². The van der Waals surface area contributed by atoms with Gasteiger partial charge in [-0.2, -0.15) is 0 Å². The van der Waals surface area contributed by atoms with Crippen molar-refractivity contribution in [3.63, 3.8) is 0 Å². The van der Waals surface area contributed by atoms with Crippen LogP contribution in [0.5, 0.6) is 0 Å². The van der Waals surface area contributed by atoms with E-state index < -0.39 is 0 Å². The number of piperidine rings is 1. The second-order valence-corrected chi connectivity index (χ2v) is 5.70. The number of hydrogen-bond donors (Lipinski definition) is 1. The zero-order valence-electron chi connectivity index (χ0n) is 10.9. The molecule has 1 saturated carbocycles. The third kappa shape index (κ3) is 3.74. The Morgan fingerprint density at radius 3 is 2.31 bits per heavy atom. The van der Waals surface area contributed by atoms with E-state index in [-0.39, 0.29) is 0 Å². The highest BCUT2D eigenvalue weighted by molar-refractivity contribution is 4.77. The monoisotopic (exact) mass is 224 g/mol. The summed E-state index contributed by atoms with van der Waals surface area (Å²) in [6, 6.07) is 0.783. The molecular weight excluding hydrogens is 196 g/mol. The lowest BCUT2D eigenvalue weighted by Crippen LogP contribution is -2.41. The van der Waals surface area contributed by atoms with E-state index in [0.29, 0.717) is 0 Å². The van der Waals surface area contributed by atoms with Gasteiger partial charge in [-0.25, -0.2) is 0 Å². The van der Waals surface area contributed by atoms with Crippen molar-refractivity contribution < 1.29 is 0 Å². The molecule has 0 spiro atoms. The predicted octanol–water partition coefficient (Wildman–Crippen LogP) is 2.64. The Labute approximate surface area is 101 Å². The summed E-state index contributed by atoms with van der Waals surface area (Å²) in [5.41, 5.74) is 0. The Balaban J connectivity index is 1.59. The van der Waals surface area contributed by atoms with Crippen molar-refractivity contribution in [1.82, 2.24) is 10.2 Å². The lowest BCUT2D eigenvalue weighted by atomic mass is 9.87. The lowest BCUT2D eigenvalue weighted by Gasteiger charge is -2.33. The molecule has 0 atom stereocenters. The number of nitrogens with one attached hydrogen (secondary N) is 1. The molecule has 1 heterocycles. The highest BCUT2D eigenvalue weighted by atomic mass is 15.1. The summed E-state index contributed by atoms with van der Waals surface area (Å²) in [4.78, 5) is 2.68. The van der Waals surface area contributed by atoms with Crippen LogP contribution in [0.3, 0.4) is 0 Å². The highest BCUT2D eigenvalue weighted by Gasteiger charge is 2.19. The first kappa shape index (κ1) is 12.4. The van der Waals surface area contributed by atoms with Gasteiger partial charge in [0.05, 0.1) is 0 Å². The van der Waals surface area contributed by atoms with E-state index in [4.69, 9.17) is 0 Å². The van der Waals surface area contributed by atoms with Gasteiger partial charge in [-0.05, 0) is 51.9 Å². The molecule has 94 valence electrons. The molecule has 0 unspecified atom stereocenters. The van der Waals surface area contributed by atoms with Gasteiger partial charge in [0, 0.05) is 6.04 Å². The summed E-state index contributed by atoms with van der Waals surface area (Å²) in [7, 11) is 2.10. The summed E-state index contributed by atoms with van der Waals surface area (Å²) < 4.78 is 0. The largest absolute Gasteiger partial charge is 0.317 e. The average molecular weight is 224 g/mol. The summed E-state index contributed by atoms with van der Waals surface area (Å²) in [6.45, 7) is 4.00. The molecule has 1 aliphatic heterocycles. The van der Waals surface area contributed by atoms with E-state index in [9.17, 15) is 0 Å². The Bertz CT molecular complexity index is 179. The fourth-order valence-electron chi connectivity index (χ4n) is 3.29. The van der Waals surface area contributed by atoms with Crippen LogP contribution in [0.15, 0.2) is 0 Å². The molecule has 1 aliphatic carbocycles. The maximum Gasteiger partial charge on any atom is 0.00884 e. The smallest absolute Gasteiger partial charge is 0.00884 e. The Morgan fingerprint density at radius 2 is 1.69 bits per heavy atom. The van der Waals surface area contributed by atoms with Crippen LogP contribution < -0.4 is 5.32 Å². The van der Waals surface area contributed by atoms with Crippen molar-refractivity contribution >= 4 is 0 Å². The standard InChI is InChI=1S/C14H28N2/c1-15-14-8-11-16(12-9-14)10-7-13-5-3-2-4-6-13/h13-15H,2-12H2,1H3. The second-order valence-electron chi connectivity index (χ2n) is 5.70. The lowest BCUT2D eigenvalue weighted by molar-refractivity contribution is 0.181. The average Bonchev–Trinajstić information content (AvgIpc) is 2.38. The molecule has 2 heteroatoms. The van der Waals surface area contributed by atoms with Crippen LogP contribution in [0.1, 0.15) is 51.4 Å². The van der Waals surface area contributed by atoms with Crippen LogP contribution in [0.4, 0.5) is 0 Å². The van der Waals surface area contributed by atoms with E-state index in [1.807, 2.05) is 0 Å². The fourth-order valence-corrected chi connectivity index (χ4v) is 3.29. The minimum Gasteiger partial charge on any atom is -0.317 e. The van der Waals surface area contributed by atoms with Crippen molar-refractivity contribution in [3.8, 4) is 0 Å². The first-order valence-corrected chi connectivity index (χ1v) is 7.28. The van der Waals surface area contributed by atoms with Crippen molar-refractivity contribution in [1.29, 1.82) is 0 Å². The Kier molecular flexibility index (Phi) is 5.11. The van der Waals surface area contributed by atoms with Crippen molar-refractivity contribution in [2.45, 2.75) is 57.4 Å². The third-order valence-corrected chi connectivity index (χ3v) is 4.57. The van der Waals surface area contributed by atoms with E-state index >= 15 is 0 Å². The molecule has 0 amide bonds. The molecule has 0 aromatic rings. The number of likely N-dealkylation sites (tertiary alicyclic amines) is 1. The minimum atomic E-state index is 0.783. The van der Waals surface area contributed by atoms with Crippen molar-refractivity contribution in [3.05, 3.63) is 0 Å². The first-order valence-electron chi connectivity index (χ1n) is 7.28. The molecule has 2 aliphatic rings. The maximum absolute atomic E-state index is 3.40. The first-order chi connectivity index (χ1) is 7.88. The molecule has 16 heavy (non-hydrogen) atoms. The predicted molar refractivity (Wildman–Crippen MR) is 69.7 cm³/mol. The molecular formula is C14H28N2. The van der Waals surface area contributed by atoms with Crippen LogP contribution >= 0.6 is 0 Å². The molecule has 0 bridgehead atoms. The van der Waals surface area contributed by atoms with Crippen LogP contribution in [-0.4, -0.2) is 37.6 Å². The van der Waals surface area contributed by atoms with E-state index in [1.54, 1.807) is 0 Å². The molecule has 1 saturated heterocycles. The summed E-state index contributed by atoms with van der Waals surface area (Å²) in [5.74, 6) is 1.05. The van der Waals surface area contributed by atoms with Gasteiger partial charge in [0.1, 0.15) is 0 Å². The molecule has 0 aromatic heterocycles. The SMILES string of the molecule is CNC1CCN(CCC2CCCCC2)CC1. The summed E-state index contributed by atoms with van der Waals surface area (Å²) in [5, 5.41) is 3.40. The normalized spacial score (nSPS) is 26.1. The fraction of sp³-hybridized carbons (Fsp3) is 1.00. The molecule has 2 rings (SSSR count). The molecule has 2 nitrogen and oxygen atoms in total. The van der Waals surface area contributed by atoms with Crippen LogP contribution in [0.25, 0.3) is 0 Å². The number of nitrogens with zero attached hydrogens (tertiary/aromatic N) is 1. The van der Waals surface area contributed by atoms with Crippen LogP contribution in [-0.2, 0) is 0 Å². The van der Waals surface area contributed by atoms with Gasteiger partial charge in [0.15, 0.2) is 0 Å². The van der Waals surface area contributed by atoms with Gasteiger partial charge in [-0.3, -0.25) is 0 Å². The second kappa shape index (κ2) is 6.61. The topological polar surface area (TPSA) is 15.3 Å². The van der Waals surface area contributed by atoms with Gasteiger partial charge in [-0.1, -0.05) is 32.1 Å². The van der Waals surface area contributed by atoms with Crippen LogP contribution in [0, 0.1) is 5.92 Å². The van der Waals surface area contributed by atoms with Gasteiger partial charge >= 0.3 is 0 Å². The molecule has 2 fully saturated rings. The zero-order chi connectivity index (χ0) is 11.2. The van der Waals surface area contributed by atoms with Gasteiger partial charge in [-0.15, -0.1) is 0 Å². The molecule has 0 radical (unpaired) electrons. The highest BCUT2D eigenvalue weighted by Crippen LogP contribution is 2.26. The number of rotatable bonds is 4. The van der Waals surface area contributed by atoms with Gasteiger partial charge < -0.3 is 10.2 Å². The molecule has 1 N–H and O–H groups in total. The minimum absolute atomic E-state index is 0.783. The quantitative estimate of drug-likeness (QED) is 0.790. The van der Waals surface area contributed by atoms with Crippen molar-refractivity contribution in [2.24, 2.45) is 5.92 Å². The van der Waals surface area contributed by atoms with E-state index in [2.05, 4.69) is 17.3 Å². The maximum atomic E-state index is 3.40. The summed E-state index contributed by atoms with van der Waals surface area (Å²) >= 11 is 0. The summed E-state index contributed by atoms with van der Waals surface area (Å²) in [6.07, 6.45) is 11.6.